The molecule has 5 nitrogen and oxygen atoms in total. The summed E-state index contributed by atoms with van der Waals surface area (Å²) in [4.78, 5) is 22.4. The van der Waals surface area contributed by atoms with E-state index >= 15 is 0 Å². The van der Waals surface area contributed by atoms with Gasteiger partial charge >= 0.3 is 0 Å². The molecule has 0 fully saturated rings. The molecule has 1 atom stereocenters. The van der Waals surface area contributed by atoms with Crippen molar-refractivity contribution in [3.05, 3.63) is 38.3 Å². The summed E-state index contributed by atoms with van der Waals surface area (Å²) in [5.41, 5.74) is 0.207. The first-order chi connectivity index (χ1) is 9.45. The molecule has 6 heteroatoms. The Morgan fingerprint density at radius 2 is 2.15 bits per heavy atom. The number of hydrogen-bond donors (Lipinski definition) is 1. The summed E-state index contributed by atoms with van der Waals surface area (Å²) in [5.74, 6) is -0.287. The van der Waals surface area contributed by atoms with Crippen molar-refractivity contribution in [3.63, 3.8) is 0 Å². The molecule has 0 aliphatic carbocycles. The van der Waals surface area contributed by atoms with Gasteiger partial charge in [-0.15, -0.1) is 0 Å². The summed E-state index contributed by atoms with van der Waals surface area (Å²) in [6, 6.07) is 4.23. The summed E-state index contributed by atoms with van der Waals surface area (Å²) in [7, 11) is 0. The van der Waals surface area contributed by atoms with Crippen molar-refractivity contribution in [1.82, 2.24) is 5.32 Å². The summed E-state index contributed by atoms with van der Waals surface area (Å²) in [5, 5.41) is 13.6. The highest BCUT2D eigenvalue weighted by Crippen LogP contribution is 2.22. The topological polar surface area (TPSA) is 72.2 Å². The maximum Gasteiger partial charge on any atom is 0.270 e. The van der Waals surface area contributed by atoms with Crippen LogP contribution in [0.25, 0.3) is 0 Å². The molecule has 0 aromatic heterocycles. The Bertz CT molecular complexity index is 491. The molecule has 1 rings (SSSR count). The van der Waals surface area contributed by atoms with E-state index in [1.807, 2.05) is 6.92 Å². The van der Waals surface area contributed by atoms with Crippen LogP contribution in [0.2, 0.25) is 0 Å². The normalized spacial score (nSPS) is 11.9. The molecule has 1 aromatic carbocycles. The van der Waals surface area contributed by atoms with Gasteiger partial charge in [-0.1, -0.05) is 26.2 Å². The van der Waals surface area contributed by atoms with Gasteiger partial charge in [-0.25, -0.2) is 0 Å². The lowest BCUT2D eigenvalue weighted by Crippen LogP contribution is -2.32. The standard InChI is InChI=1S/C14H19BrN2O3/c1-3-4-5-6-10(2)16-14(18)12-9-11(17(19)20)7-8-13(12)15/h7-10H,3-6H2,1-2H3,(H,16,18). The van der Waals surface area contributed by atoms with Gasteiger partial charge in [0.25, 0.3) is 11.6 Å². The fourth-order valence-electron chi connectivity index (χ4n) is 1.88. The fraction of sp³-hybridized carbons (Fsp3) is 0.500. The highest BCUT2D eigenvalue weighted by molar-refractivity contribution is 9.10. The summed E-state index contributed by atoms with van der Waals surface area (Å²) < 4.78 is 0.557. The smallest absolute Gasteiger partial charge is 0.270 e. The number of carbonyl (C=O) groups is 1. The molecule has 1 amide bonds. The molecule has 0 saturated heterocycles. The third-order valence-corrected chi connectivity index (χ3v) is 3.72. The average molecular weight is 343 g/mol. The van der Waals surface area contributed by atoms with Crippen LogP contribution in [0.5, 0.6) is 0 Å². The quantitative estimate of drug-likeness (QED) is 0.461. The van der Waals surface area contributed by atoms with Crippen molar-refractivity contribution in [2.45, 2.75) is 45.6 Å². The van der Waals surface area contributed by atoms with Gasteiger partial charge in [0, 0.05) is 22.6 Å². The number of rotatable bonds is 7. The van der Waals surface area contributed by atoms with E-state index in [-0.39, 0.29) is 17.6 Å². The first-order valence-electron chi connectivity index (χ1n) is 6.70. The van der Waals surface area contributed by atoms with Gasteiger partial charge in [-0.2, -0.15) is 0 Å². The number of carbonyl (C=O) groups excluding carboxylic acids is 1. The van der Waals surface area contributed by atoms with Gasteiger partial charge in [0.15, 0.2) is 0 Å². The largest absolute Gasteiger partial charge is 0.350 e. The molecule has 0 heterocycles. The Morgan fingerprint density at radius 1 is 1.45 bits per heavy atom. The molecular formula is C14H19BrN2O3. The van der Waals surface area contributed by atoms with E-state index in [0.29, 0.717) is 10.0 Å². The minimum absolute atomic E-state index is 0.0558. The van der Waals surface area contributed by atoms with Crippen LogP contribution in [0.4, 0.5) is 5.69 Å². The zero-order chi connectivity index (χ0) is 15.1. The number of hydrogen-bond acceptors (Lipinski definition) is 3. The van der Waals surface area contributed by atoms with Gasteiger partial charge in [0.05, 0.1) is 10.5 Å². The van der Waals surface area contributed by atoms with Gasteiger partial charge in [-0.05, 0) is 35.3 Å². The Hall–Kier alpha value is -1.43. The number of amides is 1. The third-order valence-electron chi connectivity index (χ3n) is 3.02. The zero-order valence-corrected chi connectivity index (χ0v) is 13.3. The van der Waals surface area contributed by atoms with Crippen LogP contribution in [0.3, 0.4) is 0 Å². The van der Waals surface area contributed by atoms with Gasteiger partial charge in [0.1, 0.15) is 0 Å². The second-order valence-corrected chi connectivity index (χ2v) is 5.65. The van der Waals surface area contributed by atoms with Crippen LogP contribution in [0.1, 0.15) is 49.9 Å². The number of unbranched alkanes of at least 4 members (excludes halogenated alkanes) is 2. The van der Waals surface area contributed by atoms with E-state index in [1.165, 1.54) is 18.2 Å². The molecule has 110 valence electrons. The van der Waals surface area contributed by atoms with Crippen molar-refractivity contribution in [1.29, 1.82) is 0 Å². The molecule has 0 saturated carbocycles. The van der Waals surface area contributed by atoms with Crippen LogP contribution in [0.15, 0.2) is 22.7 Å². The second-order valence-electron chi connectivity index (χ2n) is 4.79. The molecule has 1 unspecified atom stereocenters. The minimum atomic E-state index is -0.506. The van der Waals surface area contributed by atoms with Crippen molar-refractivity contribution in [2.75, 3.05) is 0 Å². The average Bonchev–Trinajstić information content (AvgIpc) is 2.39. The predicted molar refractivity (Wildman–Crippen MR) is 81.9 cm³/mol. The Kier molecular flexibility index (Phi) is 6.64. The molecule has 0 bridgehead atoms. The second kappa shape index (κ2) is 7.99. The summed E-state index contributed by atoms with van der Waals surface area (Å²) in [6.07, 6.45) is 4.25. The van der Waals surface area contributed by atoms with Crippen LogP contribution in [-0.4, -0.2) is 16.9 Å². The number of non-ortho nitro benzene ring substituents is 1. The molecule has 0 radical (unpaired) electrons. The monoisotopic (exact) mass is 342 g/mol. The first kappa shape index (κ1) is 16.6. The van der Waals surface area contributed by atoms with Gasteiger partial charge in [-0.3, -0.25) is 14.9 Å². The maximum absolute atomic E-state index is 12.1. The van der Waals surface area contributed by atoms with E-state index < -0.39 is 4.92 Å². The number of nitrogens with zero attached hydrogens (tertiary/aromatic N) is 1. The SMILES string of the molecule is CCCCCC(C)NC(=O)c1cc([N+](=O)[O-])ccc1Br. The number of halogens is 1. The zero-order valence-electron chi connectivity index (χ0n) is 11.7. The van der Waals surface area contributed by atoms with Gasteiger partial charge < -0.3 is 5.32 Å². The highest BCUT2D eigenvalue weighted by Gasteiger charge is 2.16. The lowest BCUT2D eigenvalue weighted by Gasteiger charge is -2.14. The Balaban J connectivity index is 2.71. The lowest BCUT2D eigenvalue weighted by molar-refractivity contribution is -0.384. The number of benzene rings is 1. The molecule has 20 heavy (non-hydrogen) atoms. The molecule has 0 aliphatic heterocycles. The van der Waals surface area contributed by atoms with E-state index in [0.717, 1.165) is 25.7 Å². The number of nitro benzene ring substituents is 1. The van der Waals surface area contributed by atoms with E-state index in [2.05, 4.69) is 28.2 Å². The predicted octanol–water partition coefficient (Wildman–Crippen LogP) is 4.06. The Labute approximate surface area is 127 Å². The highest BCUT2D eigenvalue weighted by atomic mass is 79.9. The number of nitrogens with one attached hydrogen (secondary N) is 1. The Morgan fingerprint density at radius 3 is 2.75 bits per heavy atom. The van der Waals surface area contributed by atoms with Crippen LogP contribution < -0.4 is 5.32 Å². The van der Waals surface area contributed by atoms with Crippen molar-refractivity contribution >= 4 is 27.5 Å². The fourth-order valence-corrected chi connectivity index (χ4v) is 2.30. The van der Waals surface area contributed by atoms with E-state index in [1.54, 1.807) is 0 Å². The maximum atomic E-state index is 12.1. The van der Waals surface area contributed by atoms with Crippen LogP contribution in [0, 0.1) is 10.1 Å². The van der Waals surface area contributed by atoms with Crippen molar-refractivity contribution in [2.24, 2.45) is 0 Å². The molecule has 0 aliphatic rings. The first-order valence-corrected chi connectivity index (χ1v) is 7.49. The van der Waals surface area contributed by atoms with Crippen molar-refractivity contribution in [3.8, 4) is 0 Å². The van der Waals surface area contributed by atoms with E-state index in [9.17, 15) is 14.9 Å². The molecule has 1 aromatic rings. The summed E-state index contributed by atoms with van der Waals surface area (Å²) >= 11 is 3.25. The van der Waals surface area contributed by atoms with E-state index in [4.69, 9.17) is 0 Å². The third kappa shape index (κ3) is 4.92. The van der Waals surface area contributed by atoms with Gasteiger partial charge in [0.2, 0.25) is 0 Å². The summed E-state index contributed by atoms with van der Waals surface area (Å²) in [6.45, 7) is 4.07. The number of nitro groups is 1. The van der Waals surface area contributed by atoms with Crippen LogP contribution in [-0.2, 0) is 0 Å². The van der Waals surface area contributed by atoms with Crippen LogP contribution >= 0.6 is 15.9 Å². The minimum Gasteiger partial charge on any atom is -0.350 e. The lowest BCUT2D eigenvalue weighted by atomic mass is 10.1. The molecular weight excluding hydrogens is 324 g/mol. The molecule has 1 N–H and O–H groups in total. The van der Waals surface area contributed by atoms with Crippen molar-refractivity contribution < 1.29 is 9.72 Å². The molecule has 0 spiro atoms.